The van der Waals surface area contributed by atoms with Crippen molar-refractivity contribution in [3.8, 4) is 0 Å². The molecule has 0 aliphatic carbocycles. The van der Waals surface area contributed by atoms with Crippen molar-refractivity contribution in [1.29, 1.82) is 0 Å². The zero-order chi connectivity index (χ0) is 14.4. The van der Waals surface area contributed by atoms with Gasteiger partial charge >= 0.3 is 0 Å². The first-order valence-electron chi connectivity index (χ1n) is 7.03. The standard InChI is InChI=1S/C17H22N2O/c1-17(20-14-13-19(2)3,15-9-5-4-6-10-15)16-11-7-8-12-18-16/h4-12H,13-14H2,1-3H3/p+1. The van der Waals surface area contributed by atoms with E-state index in [-0.39, 0.29) is 0 Å². The minimum Gasteiger partial charge on any atom is -0.358 e. The van der Waals surface area contributed by atoms with E-state index in [1.165, 1.54) is 4.90 Å². The molecule has 3 nitrogen and oxygen atoms in total. The van der Waals surface area contributed by atoms with Gasteiger partial charge in [-0.3, -0.25) is 4.98 Å². The van der Waals surface area contributed by atoms with Crippen molar-refractivity contribution in [2.24, 2.45) is 0 Å². The lowest BCUT2D eigenvalue weighted by Gasteiger charge is -2.30. The first-order valence-corrected chi connectivity index (χ1v) is 7.03. The Hall–Kier alpha value is -1.71. The van der Waals surface area contributed by atoms with Crippen molar-refractivity contribution in [2.75, 3.05) is 27.2 Å². The van der Waals surface area contributed by atoms with Crippen molar-refractivity contribution < 1.29 is 9.64 Å². The Morgan fingerprint density at radius 2 is 1.75 bits per heavy atom. The third kappa shape index (κ3) is 3.44. The minimum absolute atomic E-state index is 0.502. The highest BCUT2D eigenvalue weighted by Gasteiger charge is 2.31. The lowest BCUT2D eigenvalue weighted by atomic mass is 9.91. The molecule has 0 saturated carbocycles. The van der Waals surface area contributed by atoms with Gasteiger partial charge in [0.15, 0.2) is 0 Å². The van der Waals surface area contributed by atoms with Gasteiger partial charge in [-0.25, -0.2) is 0 Å². The number of nitrogens with zero attached hydrogens (tertiary/aromatic N) is 1. The van der Waals surface area contributed by atoms with Crippen LogP contribution in [0.15, 0.2) is 54.7 Å². The summed E-state index contributed by atoms with van der Waals surface area (Å²) in [6, 6.07) is 16.2. The second-order valence-corrected chi connectivity index (χ2v) is 5.42. The molecule has 3 heteroatoms. The molecule has 1 aromatic carbocycles. The summed E-state index contributed by atoms with van der Waals surface area (Å²) in [6.45, 7) is 3.76. The largest absolute Gasteiger partial charge is 0.358 e. The molecule has 1 N–H and O–H groups in total. The normalized spacial score (nSPS) is 14.2. The Kier molecular flexibility index (Phi) is 4.88. The number of ether oxygens (including phenoxy) is 1. The molecule has 1 aromatic heterocycles. The second kappa shape index (κ2) is 6.64. The Morgan fingerprint density at radius 1 is 1.05 bits per heavy atom. The number of benzene rings is 1. The zero-order valence-corrected chi connectivity index (χ0v) is 12.5. The van der Waals surface area contributed by atoms with E-state index in [1.54, 1.807) is 0 Å². The molecule has 0 saturated heterocycles. The summed E-state index contributed by atoms with van der Waals surface area (Å²) in [5.74, 6) is 0. The van der Waals surface area contributed by atoms with Crippen LogP contribution in [0.5, 0.6) is 0 Å². The van der Waals surface area contributed by atoms with Crippen LogP contribution in [0.1, 0.15) is 18.2 Å². The molecule has 20 heavy (non-hydrogen) atoms. The van der Waals surface area contributed by atoms with Crippen LogP contribution in [-0.2, 0) is 10.3 Å². The zero-order valence-electron chi connectivity index (χ0n) is 12.5. The van der Waals surface area contributed by atoms with Crippen molar-refractivity contribution in [3.63, 3.8) is 0 Å². The van der Waals surface area contributed by atoms with Crippen LogP contribution in [-0.4, -0.2) is 32.2 Å². The third-order valence-corrected chi connectivity index (χ3v) is 3.47. The van der Waals surface area contributed by atoms with Crippen LogP contribution in [0, 0.1) is 0 Å². The van der Waals surface area contributed by atoms with Gasteiger partial charge < -0.3 is 9.64 Å². The summed E-state index contributed by atoms with van der Waals surface area (Å²) in [4.78, 5) is 5.87. The van der Waals surface area contributed by atoms with Gasteiger partial charge in [0, 0.05) is 6.20 Å². The number of pyridine rings is 1. The van der Waals surface area contributed by atoms with E-state index in [9.17, 15) is 0 Å². The quantitative estimate of drug-likeness (QED) is 0.862. The van der Waals surface area contributed by atoms with Crippen LogP contribution in [0.4, 0.5) is 0 Å². The maximum atomic E-state index is 6.23. The van der Waals surface area contributed by atoms with E-state index in [0.29, 0.717) is 6.61 Å². The smallest absolute Gasteiger partial charge is 0.132 e. The van der Waals surface area contributed by atoms with Gasteiger partial charge in [-0.05, 0) is 24.6 Å². The summed E-state index contributed by atoms with van der Waals surface area (Å²) in [6.07, 6.45) is 1.82. The fraction of sp³-hybridized carbons (Fsp3) is 0.353. The number of likely N-dealkylation sites (N-methyl/N-ethyl adjacent to an activating group) is 1. The third-order valence-electron chi connectivity index (χ3n) is 3.47. The molecule has 1 atom stereocenters. The van der Waals surface area contributed by atoms with Crippen molar-refractivity contribution >= 4 is 0 Å². The lowest BCUT2D eigenvalue weighted by molar-refractivity contribution is -0.859. The van der Waals surface area contributed by atoms with Crippen molar-refractivity contribution in [1.82, 2.24) is 4.98 Å². The number of quaternary nitrogens is 1. The highest BCUT2D eigenvalue weighted by atomic mass is 16.5. The Labute approximate surface area is 121 Å². The fourth-order valence-electron chi connectivity index (χ4n) is 2.17. The molecule has 0 amide bonds. The molecule has 0 radical (unpaired) electrons. The van der Waals surface area contributed by atoms with Crippen LogP contribution in [0.2, 0.25) is 0 Å². The summed E-state index contributed by atoms with van der Waals surface area (Å²) >= 11 is 0. The Balaban J connectivity index is 2.29. The highest BCUT2D eigenvalue weighted by Crippen LogP contribution is 2.31. The predicted molar refractivity (Wildman–Crippen MR) is 80.8 cm³/mol. The Bertz CT molecular complexity index is 472. The average molecular weight is 271 g/mol. The number of nitrogens with one attached hydrogen (secondary N) is 1. The molecule has 0 bridgehead atoms. The van der Waals surface area contributed by atoms with Gasteiger partial charge in [0.2, 0.25) is 0 Å². The van der Waals surface area contributed by atoms with Gasteiger partial charge in [-0.2, -0.15) is 0 Å². The minimum atomic E-state index is -0.502. The number of hydrogen-bond acceptors (Lipinski definition) is 2. The summed E-state index contributed by atoms with van der Waals surface area (Å²) in [5.41, 5.74) is 1.57. The molecule has 1 unspecified atom stereocenters. The van der Waals surface area contributed by atoms with Crippen LogP contribution in [0.25, 0.3) is 0 Å². The van der Waals surface area contributed by atoms with E-state index in [1.807, 2.05) is 42.6 Å². The summed E-state index contributed by atoms with van der Waals surface area (Å²) in [5, 5.41) is 0. The Morgan fingerprint density at radius 3 is 2.35 bits per heavy atom. The molecule has 0 aliphatic rings. The van der Waals surface area contributed by atoms with E-state index in [0.717, 1.165) is 17.8 Å². The molecule has 0 spiro atoms. The molecule has 2 rings (SSSR count). The highest BCUT2D eigenvalue weighted by molar-refractivity contribution is 5.31. The molecular weight excluding hydrogens is 248 g/mol. The van der Waals surface area contributed by atoms with Crippen LogP contribution in [0.3, 0.4) is 0 Å². The number of aromatic nitrogens is 1. The van der Waals surface area contributed by atoms with Gasteiger partial charge in [-0.1, -0.05) is 36.4 Å². The molecule has 0 fully saturated rings. The van der Waals surface area contributed by atoms with E-state index >= 15 is 0 Å². The topological polar surface area (TPSA) is 26.6 Å². The summed E-state index contributed by atoms with van der Waals surface area (Å²) in [7, 11) is 4.26. The average Bonchev–Trinajstić information content (AvgIpc) is 2.48. The van der Waals surface area contributed by atoms with E-state index < -0.39 is 5.60 Å². The monoisotopic (exact) mass is 271 g/mol. The summed E-state index contributed by atoms with van der Waals surface area (Å²) < 4.78 is 6.23. The molecule has 0 aliphatic heterocycles. The van der Waals surface area contributed by atoms with Gasteiger partial charge in [-0.15, -0.1) is 0 Å². The first kappa shape index (κ1) is 14.7. The second-order valence-electron chi connectivity index (χ2n) is 5.42. The lowest BCUT2D eigenvalue weighted by Crippen LogP contribution is -3.06. The molecule has 1 heterocycles. The van der Waals surface area contributed by atoms with Crippen molar-refractivity contribution in [2.45, 2.75) is 12.5 Å². The van der Waals surface area contributed by atoms with Crippen LogP contribution < -0.4 is 4.90 Å². The first-order chi connectivity index (χ1) is 9.63. The van der Waals surface area contributed by atoms with Crippen LogP contribution >= 0.6 is 0 Å². The number of hydrogen-bond donors (Lipinski definition) is 1. The maximum absolute atomic E-state index is 6.23. The number of rotatable bonds is 6. The molecular formula is C17H23N2O+. The van der Waals surface area contributed by atoms with Gasteiger partial charge in [0.1, 0.15) is 12.1 Å². The van der Waals surface area contributed by atoms with E-state index in [2.05, 4.69) is 38.1 Å². The van der Waals surface area contributed by atoms with Crippen molar-refractivity contribution in [3.05, 3.63) is 66.0 Å². The van der Waals surface area contributed by atoms with Gasteiger partial charge in [0.05, 0.1) is 26.4 Å². The fourth-order valence-corrected chi connectivity index (χ4v) is 2.17. The molecule has 2 aromatic rings. The molecule has 106 valence electrons. The SMILES string of the molecule is C[NH+](C)CCOC(C)(c1ccccc1)c1ccccn1. The van der Waals surface area contributed by atoms with E-state index in [4.69, 9.17) is 4.74 Å². The maximum Gasteiger partial charge on any atom is 0.132 e. The predicted octanol–water partition coefficient (Wildman–Crippen LogP) is 1.51. The van der Waals surface area contributed by atoms with Gasteiger partial charge in [0.25, 0.3) is 0 Å².